The van der Waals surface area contributed by atoms with Gasteiger partial charge in [-0.3, -0.25) is 0 Å². The van der Waals surface area contributed by atoms with E-state index in [-0.39, 0.29) is 0 Å². The highest BCUT2D eigenvalue weighted by molar-refractivity contribution is 7.84. The maximum atomic E-state index is 5.42. The Labute approximate surface area is 76.8 Å². The van der Waals surface area contributed by atoms with Gasteiger partial charge in [-0.25, -0.2) is 0 Å². The molecule has 0 radical (unpaired) electrons. The van der Waals surface area contributed by atoms with Gasteiger partial charge in [-0.1, -0.05) is 30.4 Å². The molecule has 0 aromatic heterocycles. The Bertz CT molecular complexity index is 353. The normalized spacial score (nSPS) is 14.2. The van der Waals surface area contributed by atoms with Crippen molar-refractivity contribution in [2.45, 2.75) is 0 Å². The molecule has 0 fully saturated rings. The van der Waals surface area contributed by atoms with Crippen molar-refractivity contribution in [3.8, 4) is 5.75 Å². The van der Waals surface area contributed by atoms with Crippen LogP contribution in [0.2, 0.25) is 0 Å². The molecule has 0 amide bonds. The van der Waals surface area contributed by atoms with Crippen molar-refractivity contribution < 1.29 is 4.74 Å². The summed E-state index contributed by atoms with van der Waals surface area (Å²) < 4.78 is 5.42. The average Bonchev–Trinajstić information content (AvgIpc) is 2.25. The van der Waals surface area contributed by atoms with Crippen molar-refractivity contribution in [2.75, 3.05) is 0 Å². The first-order valence-corrected chi connectivity index (χ1v) is 4.15. The van der Waals surface area contributed by atoms with Crippen LogP contribution < -0.4 is 4.74 Å². The predicted octanol–water partition coefficient (Wildman–Crippen LogP) is 2.86. The lowest BCUT2D eigenvalue weighted by Gasteiger charge is -2.04. The van der Waals surface area contributed by atoms with Crippen LogP contribution in [0.25, 0.3) is 6.08 Å². The van der Waals surface area contributed by atoms with Gasteiger partial charge >= 0.3 is 0 Å². The van der Waals surface area contributed by atoms with Gasteiger partial charge in [0, 0.05) is 5.56 Å². The number of para-hydroxylation sites is 1. The second-order valence-electron chi connectivity index (χ2n) is 2.50. The van der Waals surface area contributed by atoms with Crippen LogP contribution in [0.15, 0.2) is 41.5 Å². The zero-order chi connectivity index (χ0) is 8.39. The Morgan fingerprint density at radius 3 is 2.92 bits per heavy atom. The van der Waals surface area contributed by atoms with Gasteiger partial charge in [-0.2, -0.15) is 0 Å². The molecule has 1 aromatic carbocycles. The second-order valence-corrected chi connectivity index (χ2v) is 2.94. The molecular weight excluding hydrogens is 168 g/mol. The van der Waals surface area contributed by atoms with E-state index in [4.69, 9.17) is 4.74 Å². The van der Waals surface area contributed by atoms with Crippen LogP contribution in [-0.2, 0) is 0 Å². The quantitative estimate of drug-likeness (QED) is 0.598. The van der Waals surface area contributed by atoms with Crippen LogP contribution >= 0.6 is 12.6 Å². The number of hydrogen-bond donors (Lipinski definition) is 1. The predicted molar refractivity (Wildman–Crippen MR) is 53.2 cm³/mol. The van der Waals surface area contributed by atoms with Gasteiger partial charge in [0.25, 0.3) is 0 Å². The number of hydrogen-bond acceptors (Lipinski definition) is 2. The minimum absolute atomic E-state index is 0.621. The average molecular weight is 176 g/mol. The summed E-state index contributed by atoms with van der Waals surface area (Å²) in [6.07, 6.45) is 5.75. The number of allylic oxidation sites excluding steroid dienone is 2. The maximum Gasteiger partial charge on any atom is 0.157 e. The molecule has 0 saturated carbocycles. The summed E-state index contributed by atoms with van der Waals surface area (Å²) in [4.78, 5) is 0. The summed E-state index contributed by atoms with van der Waals surface area (Å²) in [5, 5.41) is 0.621. The third-order valence-corrected chi connectivity index (χ3v) is 1.89. The Hall–Kier alpha value is -1.15. The molecular formula is C10H8OS. The van der Waals surface area contributed by atoms with Gasteiger partial charge in [-0.05, 0) is 12.1 Å². The summed E-state index contributed by atoms with van der Waals surface area (Å²) in [6.45, 7) is 0. The highest BCUT2D eigenvalue weighted by atomic mass is 32.1. The molecule has 0 aliphatic carbocycles. The summed E-state index contributed by atoms with van der Waals surface area (Å²) in [7, 11) is 0. The summed E-state index contributed by atoms with van der Waals surface area (Å²) in [5.41, 5.74) is 1.08. The van der Waals surface area contributed by atoms with E-state index in [2.05, 4.69) is 12.6 Å². The molecule has 1 aliphatic heterocycles. The molecule has 0 saturated heterocycles. The van der Waals surface area contributed by atoms with Gasteiger partial charge in [0.05, 0.1) is 0 Å². The number of rotatable bonds is 0. The third kappa shape index (κ3) is 1.38. The van der Waals surface area contributed by atoms with E-state index >= 15 is 0 Å². The fourth-order valence-electron chi connectivity index (χ4n) is 1.09. The van der Waals surface area contributed by atoms with Crippen LogP contribution in [0.3, 0.4) is 0 Å². The summed E-state index contributed by atoms with van der Waals surface area (Å²) >= 11 is 4.14. The van der Waals surface area contributed by atoms with E-state index in [1.54, 1.807) is 0 Å². The molecule has 0 spiro atoms. The fourth-order valence-corrected chi connectivity index (χ4v) is 1.28. The monoisotopic (exact) mass is 176 g/mol. The SMILES string of the molecule is SC1=CC=Cc2ccccc2O1. The Morgan fingerprint density at radius 1 is 1.17 bits per heavy atom. The Morgan fingerprint density at radius 2 is 2.00 bits per heavy atom. The Balaban J connectivity index is 2.49. The van der Waals surface area contributed by atoms with Gasteiger partial charge in [0.15, 0.2) is 5.09 Å². The van der Waals surface area contributed by atoms with Gasteiger partial charge in [0.1, 0.15) is 5.75 Å². The van der Waals surface area contributed by atoms with Crippen molar-refractivity contribution in [1.82, 2.24) is 0 Å². The highest BCUT2D eigenvalue weighted by Gasteiger charge is 2.02. The standard InChI is InChI=1S/C10H8OS/c12-10-7-3-5-8-4-1-2-6-9(8)11-10/h1-7,12H. The van der Waals surface area contributed by atoms with Crippen LogP contribution in [0, 0.1) is 0 Å². The van der Waals surface area contributed by atoms with Crippen LogP contribution in [0.5, 0.6) is 5.75 Å². The lowest BCUT2D eigenvalue weighted by Crippen LogP contribution is -1.87. The molecule has 0 atom stereocenters. The van der Waals surface area contributed by atoms with E-state index in [1.807, 2.05) is 42.5 Å². The van der Waals surface area contributed by atoms with Crippen LogP contribution in [0.4, 0.5) is 0 Å². The zero-order valence-electron chi connectivity index (χ0n) is 6.40. The maximum absolute atomic E-state index is 5.42. The van der Waals surface area contributed by atoms with Crippen molar-refractivity contribution >= 4 is 18.7 Å². The topological polar surface area (TPSA) is 9.23 Å². The van der Waals surface area contributed by atoms with Gasteiger partial charge in [0.2, 0.25) is 0 Å². The van der Waals surface area contributed by atoms with Crippen molar-refractivity contribution in [3.05, 3.63) is 47.1 Å². The first-order valence-electron chi connectivity index (χ1n) is 3.70. The smallest absolute Gasteiger partial charge is 0.157 e. The minimum Gasteiger partial charge on any atom is -0.450 e. The molecule has 1 aliphatic rings. The van der Waals surface area contributed by atoms with Crippen molar-refractivity contribution in [1.29, 1.82) is 0 Å². The summed E-state index contributed by atoms with van der Waals surface area (Å²) in [5.74, 6) is 0.854. The number of ether oxygens (including phenoxy) is 1. The van der Waals surface area contributed by atoms with E-state index in [0.717, 1.165) is 11.3 Å². The summed E-state index contributed by atoms with van der Waals surface area (Å²) in [6, 6.07) is 7.86. The molecule has 2 heteroatoms. The highest BCUT2D eigenvalue weighted by Crippen LogP contribution is 2.24. The minimum atomic E-state index is 0.621. The largest absolute Gasteiger partial charge is 0.450 e. The molecule has 2 rings (SSSR count). The number of fused-ring (bicyclic) bond motifs is 1. The molecule has 1 aromatic rings. The van der Waals surface area contributed by atoms with E-state index in [0.29, 0.717) is 5.09 Å². The number of thiol groups is 1. The van der Waals surface area contributed by atoms with Gasteiger partial charge in [-0.15, -0.1) is 12.6 Å². The Kier molecular flexibility index (Phi) is 1.92. The lowest BCUT2D eigenvalue weighted by molar-refractivity contribution is 0.467. The molecule has 0 bridgehead atoms. The van der Waals surface area contributed by atoms with Crippen LogP contribution in [-0.4, -0.2) is 0 Å². The first kappa shape index (κ1) is 7.50. The van der Waals surface area contributed by atoms with E-state index in [1.165, 1.54) is 0 Å². The number of benzene rings is 1. The molecule has 60 valence electrons. The van der Waals surface area contributed by atoms with Crippen molar-refractivity contribution in [3.63, 3.8) is 0 Å². The lowest BCUT2D eigenvalue weighted by atomic mass is 10.2. The molecule has 0 unspecified atom stereocenters. The molecule has 1 heterocycles. The van der Waals surface area contributed by atoms with Crippen LogP contribution in [0.1, 0.15) is 5.56 Å². The fraction of sp³-hybridized carbons (Fsp3) is 0. The van der Waals surface area contributed by atoms with E-state index in [9.17, 15) is 0 Å². The van der Waals surface area contributed by atoms with Gasteiger partial charge < -0.3 is 4.74 Å². The first-order chi connectivity index (χ1) is 5.86. The van der Waals surface area contributed by atoms with E-state index < -0.39 is 0 Å². The van der Waals surface area contributed by atoms with Crippen molar-refractivity contribution in [2.24, 2.45) is 0 Å². The molecule has 12 heavy (non-hydrogen) atoms. The molecule has 0 N–H and O–H groups in total. The zero-order valence-corrected chi connectivity index (χ0v) is 7.29. The molecule has 1 nitrogen and oxygen atoms in total. The second kappa shape index (κ2) is 3.07. The third-order valence-electron chi connectivity index (χ3n) is 1.65.